The number of ether oxygens (including phenoxy) is 1. The van der Waals surface area contributed by atoms with Crippen molar-refractivity contribution in [1.29, 1.82) is 0 Å². The topological polar surface area (TPSA) is 82.0 Å². The Morgan fingerprint density at radius 2 is 1.67 bits per heavy atom. The fourth-order valence-electron chi connectivity index (χ4n) is 3.80. The van der Waals surface area contributed by atoms with E-state index < -0.39 is 5.41 Å². The average molecular weight is 418 g/mol. The van der Waals surface area contributed by atoms with Gasteiger partial charge in [0.15, 0.2) is 0 Å². The smallest absolute Gasteiger partial charge is 0.116 e. The van der Waals surface area contributed by atoms with E-state index >= 15 is 0 Å². The molecule has 0 fully saturated rings. The molecule has 0 bridgehead atoms. The van der Waals surface area contributed by atoms with Crippen LogP contribution in [0.4, 0.5) is 0 Å². The number of nitrogens with one attached hydrogen (secondary N) is 1. The molecular weight excluding hydrogens is 378 g/mol. The van der Waals surface area contributed by atoms with Crippen LogP contribution in [0.1, 0.15) is 50.5 Å². The number of rotatable bonds is 16. The molecule has 1 aromatic carbocycles. The summed E-state index contributed by atoms with van der Waals surface area (Å²) < 4.78 is 5.74. The largest absolute Gasteiger partial charge is 0.508 e. The van der Waals surface area contributed by atoms with E-state index in [2.05, 4.69) is 35.6 Å². The lowest BCUT2D eigenvalue weighted by atomic mass is 9.78. The van der Waals surface area contributed by atoms with E-state index in [9.17, 15) is 15.3 Å². The summed E-state index contributed by atoms with van der Waals surface area (Å²) in [5.74, 6) is 0.125. The number of allylic oxidation sites excluding steroid dienone is 1. The first-order chi connectivity index (χ1) is 14.7. The zero-order valence-corrected chi connectivity index (χ0v) is 18.2. The van der Waals surface area contributed by atoms with Crippen molar-refractivity contribution < 1.29 is 20.1 Å². The van der Waals surface area contributed by atoms with Crippen molar-refractivity contribution in [3.63, 3.8) is 0 Å². The molecule has 1 aromatic rings. The van der Waals surface area contributed by atoms with Crippen LogP contribution in [-0.2, 0) is 11.2 Å². The van der Waals surface area contributed by atoms with E-state index in [0.717, 1.165) is 51.9 Å². The molecule has 1 unspecified atom stereocenters. The molecule has 0 heterocycles. The summed E-state index contributed by atoms with van der Waals surface area (Å²) in [5.41, 5.74) is 1.56. The Balaban J connectivity index is 1.41. The monoisotopic (exact) mass is 417 g/mol. The predicted molar refractivity (Wildman–Crippen MR) is 122 cm³/mol. The zero-order chi connectivity index (χ0) is 21.5. The molecule has 1 atom stereocenters. The highest BCUT2D eigenvalue weighted by molar-refractivity contribution is 5.29. The first-order valence-electron chi connectivity index (χ1n) is 11.3. The molecule has 0 radical (unpaired) electrons. The standard InChI is InChI=1S/C25H39NO4/c27-19-23-18-25(21-28,14-13-24(23)29)20-26-15-7-1-2-8-16-30-17-9-6-12-22-10-4-3-5-11-22/h3-5,10-11,13-14,26-29H,1-2,6-9,12,15-21H2. The van der Waals surface area contributed by atoms with Gasteiger partial charge in [-0.05, 0) is 62.3 Å². The molecule has 0 aliphatic heterocycles. The normalized spacial score (nSPS) is 18.9. The summed E-state index contributed by atoms with van der Waals surface area (Å²) in [5, 5.41) is 32.3. The van der Waals surface area contributed by atoms with Crippen molar-refractivity contribution >= 4 is 0 Å². The summed E-state index contributed by atoms with van der Waals surface area (Å²) in [6.45, 7) is 3.06. The second-order valence-corrected chi connectivity index (χ2v) is 8.32. The van der Waals surface area contributed by atoms with Gasteiger partial charge in [-0.1, -0.05) is 49.2 Å². The summed E-state index contributed by atoms with van der Waals surface area (Å²) >= 11 is 0. The van der Waals surface area contributed by atoms with Crippen LogP contribution in [0.25, 0.3) is 0 Å². The van der Waals surface area contributed by atoms with E-state index in [-0.39, 0.29) is 19.0 Å². The maximum Gasteiger partial charge on any atom is 0.116 e. The van der Waals surface area contributed by atoms with E-state index in [1.165, 1.54) is 18.4 Å². The second-order valence-electron chi connectivity index (χ2n) is 8.32. The van der Waals surface area contributed by atoms with Gasteiger partial charge in [0.2, 0.25) is 0 Å². The molecule has 5 nitrogen and oxygen atoms in total. The Morgan fingerprint density at radius 3 is 2.40 bits per heavy atom. The number of aliphatic hydroxyl groups excluding tert-OH is 3. The number of hydrogen-bond donors (Lipinski definition) is 4. The van der Waals surface area contributed by atoms with E-state index in [0.29, 0.717) is 18.5 Å². The van der Waals surface area contributed by atoms with Gasteiger partial charge in [0.1, 0.15) is 5.76 Å². The molecule has 30 heavy (non-hydrogen) atoms. The molecule has 4 N–H and O–H groups in total. The molecule has 0 amide bonds. The van der Waals surface area contributed by atoms with Gasteiger partial charge in [0, 0.05) is 25.2 Å². The van der Waals surface area contributed by atoms with Crippen LogP contribution in [0.3, 0.4) is 0 Å². The quantitative estimate of drug-likeness (QED) is 0.307. The molecular formula is C25H39NO4. The zero-order valence-electron chi connectivity index (χ0n) is 18.2. The molecule has 0 aromatic heterocycles. The minimum absolute atomic E-state index is 0.00400. The summed E-state index contributed by atoms with van der Waals surface area (Å²) in [4.78, 5) is 0. The predicted octanol–water partition coefficient (Wildman–Crippen LogP) is 3.92. The van der Waals surface area contributed by atoms with Gasteiger partial charge >= 0.3 is 0 Å². The molecule has 0 saturated heterocycles. The van der Waals surface area contributed by atoms with Crippen molar-refractivity contribution in [3.8, 4) is 0 Å². The maximum absolute atomic E-state index is 9.79. The Hall–Kier alpha value is -1.66. The van der Waals surface area contributed by atoms with E-state index in [4.69, 9.17) is 4.74 Å². The SMILES string of the molecule is OCC1=C(O)C=CC(CO)(CNCCCCCCOCCCCc2ccccc2)C1. The minimum Gasteiger partial charge on any atom is -0.508 e. The van der Waals surface area contributed by atoms with Crippen LogP contribution in [0, 0.1) is 5.41 Å². The van der Waals surface area contributed by atoms with Crippen molar-refractivity contribution in [3.05, 3.63) is 59.4 Å². The first kappa shape index (κ1) is 24.6. The molecule has 1 aliphatic carbocycles. The highest BCUT2D eigenvalue weighted by Crippen LogP contribution is 2.32. The number of aryl methyl sites for hydroxylation is 1. The van der Waals surface area contributed by atoms with Gasteiger partial charge in [-0.25, -0.2) is 0 Å². The van der Waals surface area contributed by atoms with Crippen molar-refractivity contribution in [2.24, 2.45) is 5.41 Å². The van der Waals surface area contributed by atoms with Crippen LogP contribution >= 0.6 is 0 Å². The van der Waals surface area contributed by atoms with Crippen LogP contribution in [0.2, 0.25) is 0 Å². The molecule has 0 saturated carbocycles. The van der Waals surface area contributed by atoms with Crippen molar-refractivity contribution in [1.82, 2.24) is 5.32 Å². The summed E-state index contributed by atoms with van der Waals surface area (Å²) in [7, 11) is 0. The number of benzene rings is 1. The Kier molecular flexibility index (Phi) is 11.8. The number of aliphatic hydroxyl groups is 3. The minimum atomic E-state index is -0.432. The number of unbranched alkanes of at least 4 members (excludes halogenated alkanes) is 4. The van der Waals surface area contributed by atoms with Crippen LogP contribution in [0.5, 0.6) is 0 Å². The number of hydrogen-bond acceptors (Lipinski definition) is 5. The Labute approximate surface area is 181 Å². The van der Waals surface area contributed by atoms with Gasteiger partial charge in [0.25, 0.3) is 0 Å². The maximum atomic E-state index is 9.79. The molecule has 1 aliphatic rings. The fraction of sp³-hybridized carbons (Fsp3) is 0.600. The van der Waals surface area contributed by atoms with Gasteiger partial charge in [-0.2, -0.15) is 0 Å². The highest BCUT2D eigenvalue weighted by Gasteiger charge is 2.31. The van der Waals surface area contributed by atoms with E-state index in [1.807, 2.05) is 6.08 Å². The lowest BCUT2D eigenvalue weighted by Gasteiger charge is -2.32. The molecule has 5 heteroatoms. The van der Waals surface area contributed by atoms with Crippen LogP contribution < -0.4 is 5.32 Å². The highest BCUT2D eigenvalue weighted by atomic mass is 16.5. The van der Waals surface area contributed by atoms with Crippen LogP contribution in [0.15, 0.2) is 53.8 Å². The van der Waals surface area contributed by atoms with Gasteiger partial charge in [-0.15, -0.1) is 0 Å². The molecule has 168 valence electrons. The molecule has 0 spiro atoms. The van der Waals surface area contributed by atoms with Gasteiger partial charge < -0.3 is 25.4 Å². The third kappa shape index (κ3) is 9.00. The van der Waals surface area contributed by atoms with Crippen molar-refractivity contribution in [2.75, 3.05) is 39.5 Å². The summed E-state index contributed by atoms with van der Waals surface area (Å²) in [6.07, 6.45) is 11.9. The average Bonchev–Trinajstić information content (AvgIpc) is 2.79. The summed E-state index contributed by atoms with van der Waals surface area (Å²) in [6, 6.07) is 10.6. The fourth-order valence-corrected chi connectivity index (χ4v) is 3.80. The lowest BCUT2D eigenvalue weighted by Crippen LogP contribution is -2.38. The lowest BCUT2D eigenvalue weighted by molar-refractivity contribution is 0.126. The van der Waals surface area contributed by atoms with Crippen molar-refractivity contribution in [2.45, 2.75) is 51.4 Å². The Morgan fingerprint density at radius 1 is 0.933 bits per heavy atom. The molecule has 2 rings (SSSR count). The first-order valence-corrected chi connectivity index (χ1v) is 11.3. The van der Waals surface area contributed by atoms with E-state index in [1.54, 1.807) is 6.08 Å². The van der Waals surface area contributed by atoms with Gasteiger partial charge in [-0.3, -0.25) is 0 Å². The third-order valence-electron chi connectivity index (χ3n) is 5.74. The third-order valence-corrected chi connectivity index (χ3v) is 5.74. The van der Waals surface area contributed by atoms with Gasteiger partial charge in [0.05, 0.1) is 13.2 Å². The second kappa shape index (κ2) is 14.4. The Bertz CT molecular complexity index is 644. The van der Waals surface area contributed by atoms with Crippen LogP contribution in [-0.4, -0.2) is 54.8 Å².